The predicted octanol–water partition coefficient (Wildman–Crippen LogP) is 3.49. The van der Waals surface area contributed by atoms with Crippen molar-refractivity contribution in [2.45, 2.75) is 32.9 Å². The molecule has 2 rings (SSSR count). The van der Waals surface area contributed by atoms with E-state index in [4.69, 9.17) is 9.84 Å². The first-order valence-electron chi connectivity index (χ1n) is 7.86. The molecule has 1 amide bonds. The van der Waals surface area contributed by atoms with Crippen LogP contribution in [-0.2, 0) is 6.54 Å². The lowest BCUT2D eigenvalue weighted by atomic mass is 10.1. The number of rotatable bonds is 7. The standard InChI is InChI=1S/C19H21NO4/c1-3-13(2)24-17-6-4-5-16(11-17)18(21)20-12-14-7-9-15(10-8-14)19(22)23/h4-11,13H,3,12H2,1-2H3,(H,20,21)(H,22,23). The van der Waals surface area contributed by atoms with E-state index in [-0.39, 0.29) is 17.6 Å². The molecule has 5 heteroatoms. The van der Waals surface area contributed by atoms with Crippen molar-refractivity contribution in [3.8, 4) is 5.75 Å². The summed E-state index contributed by atoms with van der Waals surface area (Å²) >= 11 is 0. The minimum atomic E-state index is -0.969. The van der Waals surface area contributed by atoms with E-state index in [1.54, 1.807) is 30.3 Å². The van der Waals surface area contributed by atoms with Gasteiger partial charge < -0.3 is 15.2 Å². The van der Waals surface area contributed by atoms with Gasteiger partial charge in [0.1, 0.15) is 5.75 Å². The lowest BCUT2D eigenvalue weighted by Crippen LogP contribution is -2.23. The molecule has 0 aliphatic heterocycles. The number of hydrogen-bond donors (Lipinski definition) is 2. The first-order valence-corrected chi connectivity index (χ1v) is 7.86. The Morgan fingerprint density at radius 2 is 1.83 bits per heavy atom. The zero-order valence-corrected chi connectivity index (χ0v) is 13.8. The Labute approximate surface area is 141 Å². The largest absolute Gasteiger partial charge is 0.491 e. The highest BCUT2D eigenvalue weighted by atomic mass is 16.5. The Bertz CT molecular complexity index is 710. The third kappa shape index (κ3) is 4.84. The molecule has 0 saturated carbocycles. The summed E-state index contributed by atoms with van der Waals surface area (Å²) in [6, 6.07) is 13.5. The average molecular weight is 327 g/mol. The van der Waals surface area contributed by atoms with Gasteiger partial charge in [0.05, 0.1) is 11.7 Å². The van der Waals surface area contributed by atoms with Crippen LogP contribution < -0.4 is 10.1 Å². The maximum atomic E-state index is 12.2. The molecule has 0 aliphatic carbocycles. The Morgan fingerprint density at radius 3 is 2.46 bits per heavy atom. The molecule has 2 aromatic carbocycles. The van der Waals surface area contributed by atoms with Crippen LogP contribution >= 0.6 is 0 Å². The smallest absolute Gasteiger partial charge is 0.335 e. The number of benzene rings is 2. The summed E-state index contributed by atoms with van der Waals surface area (Å²) in [5, 5.41) is 11.7. The van der Waals surface area contributed by atoms with Crippen LogP contribution in [0.3, 0.4) is 0 Å². The first kappa shape index (κ1) is 17.5. The van der Waals surface area contributed by atoms with Gasteiger partial charge in [0.15, 0.2) is 0 Å². The molecule has 0 aliphatic rings. The van der Waals surface area contributed by atoms with E-state index in [0.29, 0.717) is 17.9 Å². The molecule has 0 heterocycles. The molecule has 0 aromatic heterocycles. The molecule has 0 bridgehead atoms. The highest BCUT2D eigenvalue weighted by Gasteiger charge is 2.08. The zero-order valence-electron chi connectivity index (χ0n) is 13.8. The van der Waals surface area contributed by atoms with Gasteiger partial charge in [0.2, 0.25) is 0 Å². The second-order valence-corrected chi connectivity index (χ2v) is 5.55. The Balaban J connectivity index is 1.97. The molecule has 0 fully saturated rings. The van der Waals surface area contributed by atoms with Crippen molar-refractivity contribution < 1.29 is 19.4 Å². The van der Waals surface area contributed by atoms with Gasteiger partial charge in [-0.1, -0.05) is 25.1 Å². The highest BCUT2D eigenvalue weighted by Crippen LogP contribution is 2.16. The molecule has 126 valence electrons. The lowest BCUT2D eigenvalue weighted by molar-refractivity contribution is 0.0696. The number of carbonyl (C=O) groups is 2. The van der Waals surface area contributed by atoms with Crippen molar-refractivity contribution >= 4 is 11.9 Å². The zero-order chi connectivity index (χ0) is 17.5. The van der Waals surface area contributed by atoms with Gasteiger partial charge in [-0.15, -0.1) is 0 Å². The molecule has 2 N–H and O–H groups in total. The molecule has 0 saturated heterocycles. The lowest BCUT2D eigenvalue weighted by Gasteiger charge is -2.13. The summed E-state index contributed by atoms with van der Waals surface area (Å²) in [6.45, 7) is 4.35. The summed E-state index contributed by atoms with van der Waals surface area (Å²) in [5.74, 6) is -0.501. The Hall–Kier alpha value is -2.82. The van der Waals surface area contributed by atoms with Crippen LogP contribution in [0.25, 0.3) is 0 Å². The van der Waals surface area contributed by atoms with Gasteiger partial charge in [0, 0.05) is 12.1 Å². The van der Waals surface area contributed by atoms with E-state index in [1.165, 1.54) is 12.1 Å². The number of nitrogens with one attached hydrogen (secondary N) is 1. The van der Waals surface area contributed by atoms with Crippen LogP contribution in [0.4, 0.5) is 0 Å². The molecule has 0 spiro atoms. The Kier molecular flexibility index (Phi) is 5.95. The fraction of sp³-hybridized carbons (Fsp3) is 0.263. The van der Waals surface area contributed by atoms with E-state index >= 15 is 0 Å². The van der Waals surface area contributed by atoms with Crippen LogP contribution in [0.5, 0.6) is 5.75 Å². The second kappa shape index (κ2) is 8.15. The number of carbonyl (C=O) groups excluding carboxylic acids is 1. The monoisotopic (exact) mass is 327 g/mol. The molecule has 1 unspecified atom stereocenters. The summed E-state index contributed by atoms with van der Waals surface area (Å²) < 4.78 is 5.72. The van der Waals surface area contributed by atoms with Crippen LogP contribution in [0.15, 0.2) is 48.5 Å². The summed E-state index contributed by atoms with van der Waals surface area (Å²) in [7, 11) is 0. The van der Waals surface area contributed by atoms with Gasteiger partial charge in [-0.2, -0.15) is 0 Å². The topological polar surface area (TPSA) is 75.6 Å². The molecule has 1 atom stereocenters. The number of amides is 1. The summed E-state index contributed by atoms with van der Waals surface area (Å²) in [4.78, 5) is 23.1. The van der Waals surface area contributed by atoms with Crippen molar-refractivity contribution in [3.63, 3.8) is 0 Å². The number of ether oxygens (including phenoxy) is 1. The molecular weight excluding hydrogens is 306 g/mol. The van der Waals surface area contributed by atoms with Crippen LogP contribution in [-0.4, -0.2) is 23.1 Å². The van der Waals surface area contributed by atoms with Crippen LogP contribution in [0.2, 0.25) is 0 Å². The van der Waals surface area contributed by atoms with Crippen molar-refractivity contribution in [2.24, 2.45) is 0 Å². The number of carboxylic acid groups (broad SMARTS) is 1. The average Bonchev–Trinajstić information content (AvgIpc) is 2.60. The fourth-order valence-corrected chi connectivity index (χ4v) is 2.08. The van der Waals surface area contributed by atoms with E-state index < -0.39 is 5.97 Å². The quantitative estimate of drug-likeness (QED) is 0.816. The fourth-order valence-electron chi connectivity index (χ4n) is 2.08. The SMILES string of the molecule is CCC(C)Oc1cccc(C(=O)NCc2ccc(C(=O)O)cc2)c1. The molecular formula is C19H21NO4. The van der Waals surface area contributed by atoms with Gasteiger partial charge >= 0.3 is 5.97 Å². The van der Waals surface area contributed by atoms with Gasteiger partial charge in [-0.25, -0.2) is 4.79 Å². The molecule has 2 aromatic rings. The molecule has 5 nitrogen and oxygen atoms in total. The maximum Gasteiger partial charge on any atom is 0.335 e. The molecule has 0 radical (unpaired) electrons. The highest BCUT2D eigenvalue weighted by molar-refractivity contribution is 5.94. The van der Waals surface area contributed by atoms with Crippen molar-refractivity contribution in [1.82, 2.24) is 5.32 Å². The van der Waals surface area contributed by atoms with E-state index in [9.17, 15) is 9.59 Å². The maximum absolute atomic E-state index is 12.2. The van der Waals surface area contributed by atoms with Crippen molar-refractivity contribution in [2.75, 3.05) is 0 Å². The van der Waals surface area contributed by atoms with E-state index in [1.807, 2.05) is 19.9 Å². The first-order chi connectivity index (χ1) is 11.5. The minimum Gasteiger partial charge on any atom is -0.491 e. The second-order valence-electron chi connectivity index (χ2n) is 5.55. The number of aromatic carboxylic acids is 1. The van der Waals surface area contributed by atoms with Gasteiger partial charge in [-0.05, 0) is 49.2 Å². The van der Waals surface area contributed by atoms with E-state index in [0.717, 1.165) is 12.0 Å². The van der Waals surface area contributed by atoms with Crippen LogP contribution in [0, 0.1) is 0 Å². The number of carboxylic acids is 1. The molecule has 24 heavy (non-hydrogen) atoms. The minimum absolute atomic E-state index is 0.0936. The van der Waals surface area contributed by atoms with Gasteiger partial charge in [-0.3, -0.25) is 4.79 Å². The van der Waals surface area contributed by atoms with Crippen molar-refractivity contribution in [1.29, 1.82) is 0 Å². The Morgan fingerprint density at radius 1 is 1.12 bits per heavy atom. The van der Waals surface area contributed by atoms with Gasteiger partial charge in [0.25, 0.3) is 5.91 Å². The normalized spacial score (nSPS) is 11.6. The van der Waals surface area contributed by atoms with Crippen LogP contribution in [0.1, 0.15) is 46.5 Å². The third-order valence-electron chi connectivity index (χ3n) is 3.66. The van der Waals surface area contributed by atoms with E-state index in [2.05, 4.69) is 5.32 Å². The number of hydrogen-bond acceptors (Lipinski definition) is 3. The summed E-state index contributed by atoms with van der Waals surface area (Å²) in [6.07, 6.45) is 0.985. The predicted molar refractivity (Wildman–Crippen MR) is 91.4 cm³/mol. The summed E-state index contributed by atoms with van der Waals surface area (Å²) in [5.41, 5.74) is 1.58. The van der Waals surface area contributed by atoms with Crippen molar-refractivity contribution in [3.05, 3.63) is 65.2 Å². The third-order valence-corrected chi connectivity index (χ3v) is 3.66.